The van der Waals surface area contributed by atoms with E-state index in [0.717, 1.165) is 24.3 Å². The van der Waals surface area contributed by atoms with Crippen molar-refractivity contribution in [2.75, 3.05) is 6.61 Å². The Labute approximate surface area is 101 Å². The van der Waals surface area contributed by atoms with Crippen molar-refractivity contribution < 1.29 is 4.74 Å². The van der Waals surface area contributed by atoms with E-state index >= 15 is 0 Å². The van der Waals surface area contributed by atoms with Crippen molar-refractivity contribution in [3.63, 3.8) is 0 Å². The van der Waals surface area contributed by atoms with Gasteiger partial charge in [0.2, 0.25) is 0 Å². The molecule has 1 aromatic heterocycles. The van der Waals surface area contributed by atoms with Gasteiger partial charge in [-0.2, -0.15) is 0 Å². The molecule has 0 aliphatic heterocycles. The summed E-state index contributed by atoms with van der Waals surface area (Å²) in [7, 11) is 0. The van der Waals surface area contributed by atoms with E-state index in [-0.39, 0.29) is 11.6 Å². The van der Waals surface area contributed by atoms with Gasteiger partial charge in [-0.15, -0.1) is 11.3 Å². The van der Waals surface area contributed by atoms with Gasteiger partial charge in [-0.05, 0) is 40.0 Å². The quantitative estimate of drug-likeness (QED) is 0.883. The van der Waals surface area contributed by atoms with Gasteiger partial charge in [0, 0.05) is 17.5 Å². The summed E-state index contributed by atoms with van der Waals surface area (Å²) >= 11 is 1.73. The van der Waals surface area contributed by atoms with Crippen LogP contribution in [-0.4, -0.2) is 11.6 Å². The molecule has 0 amide bonds. The number of hydrogen-bond acceptors (Lipinski definition) is 4. The smallest absolute Gasteiger partial charge is 0.125 e. The molecule has 4 heteroatoms. The van der Waals surface area contributed by atoms with Crippen LogP contribution in [0.15, 0.2) is 0 Å². The van der Waals surface area contributed by atoms with E-state index in [2.05, 4.69) is 13.8 Å². The molecule has 0 saturated heterocycles. The maximum Gasteiger partial charge on any atom is 0.125 e. The second-order valence-corrected chi connectivity index (χ2v) is 5.80. The van der Waals surface area contributed by atoms with E-state index in [9.17, 15) is 0 Å². The average molecular weight is 240 g/mol. The van der Waals surface area contributed by atoms with Crippen molar-refractivity contribution in [1.29, 1.82) is 0 Å². The first-order valence-corrected chi connectivity index (χ1v) is 6.76. The van der Waals surface area contributed by atoms with Crippen LogP contribution in [0.4, 0.5) is 0 Å². The highest BCUT2D eigenvalue weighted by molar-refractivity contribution is 7.12. The van der Waals surface area contributed by atoms with E-state index in [0.29, 0.717) is 6.61 Å². The highest BCUT2D eigenvalue weighted by atomic mass is 32.1. The highest BCUT2D eigenvalue weighted by Gasteiger charge is 2.29. The summed E-state index contributed by atoms with van der Waals surface area (Å²) in [6.45, 7) is 6.88. The Bertz CT molecular complexity index is 373. The number of nitrogens with zero attached hydrogens (tertiary/aromatic N) is 1. The number of hydrogen-bond donors (Lipinski definition) is 1. The SMILES string of the molecule is CCOC(C)(C)c1nc2c(s1)C(N)CCC2. The summed E-state index contributed by atoms with van der Waals surface area (Å²) in [5.74, 6) is 0. The Morgan fingerprint density at radius 3 is 2.94 bits per heavy atom. The average Bonchev–Trinajstić information content (AvgIpc) is 2.63. The lowest BCUT2D eigenvalue weighted by molar-refractivity contribution is -0.0142. The third-order valence-electron chi connectivity index (χ3n) is 3.01. The lowest BCUT2D eigenvalue weighted by Crippen LogP contribution is -2.21. The van der Waals surface area contributed by atoms with Crippen LogP contribution in [0, 0.1) is 0 Å². The molecule has 1 aromatic rings. The molecule has 0 fully saturated rings. The number of nitrogens with two attached hydrogens (primary N) is 1. The molecule has 90 valence electrons. The van der Waals surface area contributed by atoms with Gasteiger partial charge in [-0.3, -0.25) is 0 Å². The largest absolute Gasteiger partial charge is 0.369 e. The standard InChI is InChI=1S/C12H20N2OS/c1-4-15-12(2,3)11-14-9-7-5-6-8(13)10(9)16-11/h8H,4-7,13H2,1-3H3. The predicted molar refractivity (Wildman–Crippen MR) is 66.6 cm³/mol. The van der Waals surface area contributed by atoms with Gasteiger partial charge in [0.05, 0.1) is 5.69 Å². The second kappa shape index (κ2) is 4.43. The Balaban J connectivity index is 2.30. The van der Waals surface area contributed by atoms with Crippen molar-refractivity contribution in [2.45, 2.75) is 51.7 Å². The van der Waals surface area contributed by atoms with Crippen LogP contribution in [-0.2, 0) is 16.8 Å². The van der Waals surface area contributed by atoms with Gasteiger partial charge in [0.15, 0.2) is 0 Å². The van der Waals surface area contributed by atoms with Crippen molar-refractivity contribution >= 4 is 11.3 Å². The molecule has 1 heterocycles. The van der Waals surface area contributed by atoms with Crippen LogP contribution in [0.25, 0.3) is 0 Å². The molecule has 0 radical (unpaired) electrons. The van der Waals surface area contributed by atoms with Crippen LogP contribution in [0.5, 0.6) is 0 Å². The van der Waals surface area contributed by atoms with Crippen LogP contribution in [0.1, 0.15) is 55.2 Å². The lowest BCUT2D eigenvalue weighted by Gasteiger charge is -2.21. The minimum atomic E-state index is -0.281. The summed E-state index contributed by atoms with van der Waals surface area (Å²) < 4.78 is 5.74. The number of fused-ring (bicyclic) bond motifs is 1. The van der Waals surface area contributed by atoms with E-state index in [1.807, 2.05) is 6.92 Å². The Morgan fingerprint density at radius 1 is 1.56 bits per heavy atom. The Kier molecular flexibility index (Phi) is 3.33. The van der Waals surface area contributed by atoms with Gasteiger partial charge in [-0.1, -0.05) is 0 Å². The topological polar surface area (TPSA) is 48.1 Å². The molecule has 16 heavy (non-hydrogen) atoms. The van der Waals surface area contributed by atoms with Crippen LogP contribution in [0.2, 0.25) is 0 Å². The van der Waals surface area contributed by atoms with Crippen LogP contribution in [0.3, 0.4) is 0 Å². The van der Waals surface area contributed by atoms with Crippen molar-refractivity contribution in [3.05, 3.63) is 15.6 Å². The van der Waals surface area contributed by atoms with Gasteiger partial charge in [0.1, 0.15) is 10.6 Å². The van der Waals surface area contributed by atoms with Crippen LogP contribution < -0.4 is 5.73 Å². The molecule has 1 aliphatic rings. The summed E-state index contributed by atoms with van der Waals surface area (Å²) in [6.07, 6.45) is 3.32. The fourth-order valence-electron chi connectivity index (χ4n) is 2.13. The molecule has 0 spiro atoms. The van der Waals surface area contributed by atoms with Gasteiger partial charge in [-0.25, -0.2) is 4.98 Å². The summed E-state index contributed by atoms with van der Waals surface area (Å²) in [4.78, 5) is 5.98. The molecule has 0 bridgehead atoms. The fourth-order valence-corrected chi connectivity index (χ4v) is 3.34. The number of aromatic nitrogens is 1. The van der Waals surface area contributed by atoms with Crippen molar-refractivity contribution in [3.8, 4) is 0 Å². The molecule has 3 nitrogen and oxygen atoms in total. The minimum Gasteiger partial charge on any atom is -0.369 e. The molecule has 1 atom stereocenters. The van der Waals surface area contributed by atoms with E-state index in [1.54, 1.807) is 11.3 Å². The molecule has 0 aromatic carbocycles. The maximum absolute atomic E-state index is 6.11. The summed E-state index contributed by atoms with van der Waals surface area (Å²) in [6, 6.07) is 0.187. The first-order valence-electron chi connectivity index (χ1n) is 5.94. The monoisotopic (exact) mass is 240 g/mol. The van der Waals surface area contributed by atoms with Crippen molar-refractivity contribution in [1.82, 2.24) is 4.98 Å². The van der Waals surface area contributed by atoms with Gasteiger partial charge in [0.25, 0.3) is 0 Å². The van der Waals surface area contributed by atoms with Gasteiger partial charge < -0.3 is 10.5 Å². The first-order chi connectivity index (χ1) is 7.54. The lowest BCUT2D eigenvalue weighted by atomic mass is 9.99. The third kappa shape index (κ3) is 2.14. The first kappa shape index (κ1) is 12.0. The molecule has 1 aliphatic carbocycles. The zero-order valence-corrected chi connectivity index (χ0v) is 11.1. The number of ether oxygens (including phenoxy) is 1. The van der Waals surface area contributed by atoms with Crippen molar-refractivity contribution in [2.24, 2.45) is 5.73 Å². The Hall–Kier alpha value is -0.450. The van der Waals surface area contributed by atoms with E-state index < -0.39 is 0 Å². The maximum atomic E-state index is 6.11. The summed E-state index contributed by atoms with van der Waals surface area (Å²) in [5, 5.41) is 1.07. The second-order valence-electron chi connectivity index (χ2n) is 4.77. The normalized spacial score (nSPS) is 20.9. The third-order valence-corrected chi connectivity index (χ3v) is 4.55. The predicted octanol–water partition coefficient (Wildman–Crippen LogP) is 2.75. The Morgan fingerprint density at radius 2 is 2.31 bits per heavy atom. The molecule has 2 N–H and O–H groups in total. The number of aryl methyl sites for hydroxylation is 1. The zero-order valence-electron chi connectivity index (χ0n) is 10.2. The summed E-state index contributed by atoms with van der Waals surface area (Å²) in [5.41, 5.74) is 7.03. The van der Waals surface area contributed by atoms with E-state index in [1.165, 1.54) is 10.6 Å². The molecular weight excluding hydrogens is 220 g/mol. The van der Waals surface area contributed by atoms with Crippen LogP contribution >= 0.6 is 11.3 Å². The molecular formula is C12H20N2OS. The highest BCUT2D eigenvalue weighted by Crippen LogP contribution is 2.37. The molecule has 1 unspecified atom stereocenters. The molecule has 0 saturated carbocycles. The van der Waals surface area contributed by atoms with E-state index in [4.69, 9.17) is 15.5 Å². The minimum absolute atomic E-state index is 0.187. The fraction of sp³-hybridized carbons (Fsp3) is 0.750. The number of rotatable bonds is 3. The van der Waals surface area contributed by atoms with Gasteiger partial charge >= 0.3 is 0 Å². The number of thiazole rings is 1. The zero-order chi connectivity index (χ0) is 11.8. The molecule has 2 rings (SSSR count).